The topological polar surface area (TPSA) is 114 Å². The minimum atomic E-state index is -0.715. The molecule has 4 aromatic rings. The van der Waals surface area contributed by atoms with Crippen LogP contribution in [0.15, 0.2) is 60.8 Å². The van der Waals surface area contributed by atoms with Crippen LogP contribution >= 0.6 is 0 Å². The van der Waals surface area contributed by atoms with Gasteiger partial charge < -0.3 is 11.5 Å². The maximum Gasteiger partial charge on any atom is 0.323 e. The van der Waals surface area contributed by atoms with Crippen molar-refractivity contribution in [3.05, 3.63) is 66.6 Å². The number of nitrogens with two attached hydrogens (primary N) is 2. The van der Waals surface area contributed by atoms with Crippen LogP contribution in [0.5, 0.6) is 0 Å². The lowest BCUT2D eigenvalue weighted by molar-refractivity contribution is 0.256. The van der Waals surface area contributed by atoms with Crippen LogP contribution in [0.25, 0.3) is 22.2 Å². The Balaban J connectivity index is 1.76. The molecule has 2 aromatic heterocycles. The second kappa shape index (κ2) is 6.41. The van der Waals surface area contributed by atoms with E-state index in [-0.39, 0.29) is 0 Å². The molecule has 0 unspecified atom stereocenters. The number of carbonyl (C=O) groups is 1. The minimum absolute atomic E-state index is 0.342. The molecule has 0 aliphatic heterocycles. The van der Waals surface area contributed by atoms with E-state index in [9.17, 15) is 9.18 Å². The van der Waals surface area contributed by atoms with Crippen molar-refractivity contribution < 1.29 is 9.18 Å². The number of pyridine rings is 1. The first-order chi connectivity index (χ1) is 13.0. The Morgan fingerprint density at radius 2 is 1.85 bits per heavy atom. The number of nitrogen functional groups attached to an aromatic ring is 1. The number of aromatic amines is 1. The molecule has 0 bridgehead atoms. The van der Waals surface area contributed by atoms with Crippen LogP contribution in [0.1, 0.15) is 0 Å². The summed E-state index contributed by atoms with van der Waals surface area (Å²) in [5.74, 6) is -0.0996. The molecule has 0 saturated heterocycles. The molecule has 0 aliphatic carbocycles. The first-order valence-corrected chi connectivity index (χ1v) is 8.09. The number of H-pyrrole nitrogens is 1. The molecule has 0 aliphatic rings. The lowest BCUT2D eigenvalue weighted by Crippen LogP contribution is -2.31. The maximum absolute atomic E-state index is 13.5. The lowest BCUT2D eigenvalue weighted by atomic mass is 10.1. The van der Waals surface area contributed by atoms with Crippen molar-refractivity contribution in [3.63, 3.8) is 0 Å². The van der Waals surface area contributed by atoms with Crippen LogP contribution in [0.3, 0.4) is 0 Å². The van der Waals surface area contributed by atoms with Gasteiger partial charge >= 0.3 is 6.03 Å². The highest BCUT2D eigenvalue weighted by atomic mass is 19.1. The number of nitrogens with one attached hydrogen (secondary N) is 1. The molecule has 0 saturated carbocycles. The third kappa shape index (κ3) is 2.93. The molecule has 2 aromatic carbocycles. The number of aromatic nitrogens is 3. The first kappa shape index (κ1) is 16.5. The summed E-state index contributed by atoms with van der Waals surface area (Å²) >= 11 is 0. The van der Waals surface area contributed by atoms with E-state index in [1.165, 1.54) is 23.1 Å². The number of hydrogen-bond donors (Lipinski definition) is 3. The van der Waals surface area contributed by atoms with Gasteiger partial charge in [0.2, 0.25) is 0 Å². The summed E-state index contributed by atoms with van der Waals surface area (Å²) in [6.07, 6.45) is 1.66. The van der Waals surface area contributed by atoms with Gasteiger partial charge in [-0.1, -0.05) is 18.2 Å². The molecule has 27 heavy (non-hydrogen) atoms. The van der Waals surface area contributed by atoms with Gasteiger partial charge in [0.05, 0.1) is 28.0 Å². The fourth-order valence-electron chi connectivity index (χ4n) is 3.00. The van der Waals surface area contributed by atoms with Gasteiger partial charge in [-0.2, -0.15) is 5.10 Å². The molecular weight excluding hydrogens is 347 g/mol. The van der Waals surface area contributed by atoms with Gasteiger partial charge in [-0.15, -0.1) is 0 Å². The van der Waals surface area contributed by atoms with Gasteiger partial charge in [0, 0.05) is 11.8 Å². The van der Waals surface area contributed by atoms with E-state index in [2.05, 4.69) is 15.2 Å². The number of hydrogen-bond acceptors (Lipinski definition) is 4. The highest BCUT2D eigenvalue weighted by Crippen LogP contribution is 2.32. The Bertz CT molecular complexity index is 1140. The van der Waals surface area contributed by atoms with E-state index >= 15 is 0 Å². The van der Waals surface area contributed by atoms with Gasteiger partial charge in [0.25, 0.3) is 0 Å². The maximum atomic E-state index is 13.5. The molecule has 4 rings (SSSR count). The zero-order valence-corrected chi connectivity index (χ0v) is 14.1. The number of amides is 2. The van der Waals surface area contributed by atoms with Crippen LogP contribution in [-0.4, -0.2) is 21.2 Å². The highest BCUT2D eigenvalue weighted by molar-refractivity contribution is 6.01. The number of carbonyl (C=O) groups excluding carboxylic acids is 1. The zero-order chi connectivity index (χ0) is 19.0. The number of halogens is 1. The number of benzene rings is 2. The van der Waals surface area contributed by atoms with Crippen LogP contribution in [-0.2, 0) is 0 Å². The largest absolute Gasteiger partial charge is 0.382 e. The fraction of sp³-hybridized carbons (Fsp3) is 0. The number of fused-ring (bicyclic) bond motifs is 1. The molecule has 0 atom stereocenters. The Hall–Kier alpha value is -3.94. The van der Waals surface area contributed by atoms with Crippen molar-refractivity contribution in [2.75, 3.05) is 10.6 Å². The Labute approximate surface area is 153 Å². The van der Waals surface area contributed by atoms with Crippen LogP contribution in [0.4, 0.5) is 26.4 Å². The highest BCUT2D eigenvalue weighted by Gasteiger charge is 2.17. The summed E-state index contributed by atoms with van der Waals surface area (Å²) in [5, 5.41) is 7.58. The second-order valence-electron chi connectivity index (χ2n) is 5.89. The van der Waals surface area contributed by atoms with Crippen molar-refractivity contribution in [2.45, 2.75) is 0 Å². The van der Waals surface area contributed by atoms with E-state index in [1.807, 2.05) is 0 Å². The van der Waals surface area contributed by atoms with Crippen molar-refractivity contribution >= 4 is 34.1 Å². The first-order valence-electron chi connectivity index (χ1n) is 8.09. The standard InChI is InChI=1S/C19H15FN6O/c20-12-2-1-3-14(10-12)26(19(22)27)13-6-4-11(5-7-13)17-16-15(8-9-23-17)24-25-18(16)21/h1-10H,(H2,22,27)(H3,21,24,25). The van der Waals surface area contributed by atoms with Gasteiger partial charge in [-0.25, -0.2) is 9.18 Å². The third-order valence-corrected chi connectivity index (χ3v) is 4.19. The van der Waals surface area contributed by atoms with Gasteiger partial charge in [0.1, 0.15) is 5.82 Å². The van der Waals surface area contributed by atoms with Crippen LogP contribution in [0.2, 0.25) is 0 Å². The molecule has 5 N–H and O–H groups in total. The smallest absolute Gasteiger partial charge is 0.323 e. The molecule has 134 valence electrons. The SMILES string of the molecule is NC(=O)N(c1ccc(-c2nccc3[nH]nc(N)c23)cc1)c1cccc(F)c1. The summed E-state index contributed by atoms with van der Waals surface area (Å²) in [6.45, 7) is 0. The van der Waals surface area contributed by atoms with E-state index in [1.54, 1.807) is 42.6 Å². The zero-order valence-electron chi connectivity index (χ0n) is 14.1. The Morgan fingerprint density at radius 3 is 2.56 bits per heavy atom. The number of rotatable bonds is 3. The van der Waals surface area contributed by atoms with Crippen LogP contribution in [0, 0.1) is 5.82 Å². The third-order valence-electron chi connectivity index (χ3n) is 4.19. The van der Waals surface area contributed by atoms with Gasteiger partial charge in [-0.05, 0) is 36.4 Å². The molecule has 0 fully saturated rings. The van der Waals surface area contributed by atoms with E-state index in [0.717, 1.165) is 16.5 Å². The quantitative estimate of drug-likeness (QED) is 0.517. The molecular formula is C19H15FN6O. The van der Waals surface area contributed by atoms with E-state index in [0.29, 0.717) is 22.9 Å². The predicted molar refractivity (Wildman–Crippen MR) is 102 cm³/mol. The summed E-state index contributed by atoms with van der Waals surface area (Å²) in [4.78, 5) is 17.6. The van der Waals surface area contributed by atoms with Crippen molar-refractivity contribution in [2.24, 2.45) is 5.73 Å². The average Bonchev–Trinajstić information content (AvgIpc) is 3.04. The molecule has 8 heteroatoms. The van der Waals surface area contributed by atoms with Crippen LogP contribution < -0.4 is 16.4 Å². The molecule has 2 amide bonds. The van der Waals surface area contributed by atoms with E-state index < -0.39 is 11.8 Å². The summed E-state index contributed by atoms with van der Waals surface area (Å²) in [7, 11) is 0. The minimum Gasteiger partial charge on any atom is -0.382 e. The fourth-order valence-corrected chi connectivity index (χ4v) is 3.00. The molecule has 0 spiro atoms. The normalized spacial score (nSPS) is 10.9. The van der Waals surface area contributed by atoms with Gasteiger partial charge in [-0.3, -0.25) is 15.0 Å². The number of nitrogens with zero attached hydrogens (tertiary/aromatic N) is 3. The average molecular weight is 362 g/mol. The lowest BCUT2D eigenvalue weighted by Gasteiger charge is -2.21. The summed E-state index contributed by atoms with van der Waals surface area (Å²) < 4.78 is 13.5. The number of primary amides is 1. The monoisotopic (exact) mass is 362 g/mol. The van der Waals surface area contributed by atoms with Crippen molar-refractivity contribution in [1.82, 2.24) is 15.2 Å². The summed E-state index contributed by atoms with van der Waals surface area (Å²) in [5.41, 5.74) is 14.5. The molecule has 0 radical (unpaired) electrons. The predicted octanol–water partition coefficient (Wildman–Crippen LogP) is 3.56. The summed E-state index contributed by atoms with van der Waals surface area (Å²) in [6, 6.07) is 13.7. The van der Waals surface area contributed by atoms with E-state index in [4.69, 9.17) is 11.5 Å². The van der Waals surface area contributed by atoms with Crippen molar-refractivity contribution in [3.8, 4) is 11.3 Å². The number of anilines is 3. The molecule has 7 nitrogen and oxygen atoms in total. The molecule has 2 heterocycles. The van der Waals surface area contributed by atoms with Gasteiger partial charge in [0.15, 0.2) is 5.82 Å². The second-order valence-corrected chi connectivity index (χ2v) is 5.89. The Morgan fingerprint density at radius 1 is 1.07 bits per heavy atom. The number of urea groups is 1. The Kier molecular flexibility index (Phi) is 3.92. The van der Waals surface area contributed by atoms with Crippen molar-refractivity contribution in [1.29, 1.82) is 0 Å².